The van der Waals surface area contributed by atoms with Crippen LogP contribution in [-0.2, 0) is 0 Å². The summed E-state index contributed by atoms with van der Waals surface area (Å²) in [5.41, 5.74) is 2.81. The van der Waals surface area contributed by atoms with Crippen LogP contribution in [0.15, 0.2) is 48.5 Å². The Morgan fingerprint density at radius 2 is 1.60 bits per heavy atom. The lowest BCUT2D eigenvalue weighted by molar-refractivity contribution is 0.174. The number of ether oxygens (including phenoxy) is 1. The van der Waals surface area contributed by atoms with E-state index < -0.39 is 0 Å². The van der Waals surface area contributed by atoms with E-state index in [1.54, 1.807) is 0 Å². The second kappa shape index (κ2) is 6.74. The minimum atomic E-state index is 0.128. The fourth-order valence-electron chi connectivity index (χ4n) is 1.77. The van der Waals surface area contributed by atoms with Crippen LogP contribution in [0, 0.1) is 17.2 Å². The highest BCUT2D eigenvalue weighted by atomic mass is 16.5. The molecule has 0 saturated heterocycles. The normalized spacial score (nSPS) is 11.7. The fraction of sp³-hybridized carbons (Fsp3) is 0.235. The first-order valence-corrected chi connectivity index (χ1v) is 6.57. The van der Waals surface area contributed by atoms with Crippen molar-refractivity contribution >= 4 is 0 Å². The van der Waals surface area contributed by atoms with Crippen LogP contribution >= 0.6 is 0 Å². The van der Waals surface area contributed by atoms with Gasteiger partial charge in [0.15, 0.2) is 0 Å². The standard InChI is InChI=1S/C17H17NO2/c1-13(11-19)12-20-17-8-6-16(7-9-17)15-4-2-14(10-18)3-5-15/h2-9,13,19H,11-12H2,1H3/t13-/m0/s1. The van der Waals surface area contributed by atoms with Crippen molar-refractivity contribution in [2.75, 3.05) is 13.2 Å². The van der Waals surface area contributed by atoms with Gasteiger partial charge in [0, 0.05) is 12.5 Å². The highest BCUT2D eigenvalue weighted by molar-refractivity contribution is 5.64. The van der Waals surface area contributed by atoms with Crippen molar-refractivity contribution in [2.45, 2.75) is 6.92 Å². The number of aliphatic hydroxyl groups excluding tert-OH is 1. The molecule has 0 aliphatic heterocycles. The van der Waals surface area contributed by atoms with Crippen LogP contribution in [0.25, 0.3) is 11.1 Å². The van der Waals surface area contributed by atoms with Crippen LogP contribution in [0.3, 0.4) is 0 Å². The number of hydrogen-bond acceptors (Lipinski definition) is 3. The van der Waals surface area contributed by atoms with E-state index in [9.17, 15) is 0 Å². The third-order valence-corrected chi connectivity index (χ3v) is 3.05. The predicted molar refractivity (Wildman–Crippen MR) is 78.3 cm³/mol. The van der Waals surface area contributed by atoms with E-state index in [0.717, 1.165) is 16.9 Å². The number of rotatable bonds is 5. The maximum absolute atomic E-state index is 8.95. The maximum atomic E-state index is 8.95. The Hall–Kier alpha value is -2.31. The molecular weight excluding hydrogens is 250 g/mol. The summed E-state index contributed by atoms with van der Waals surface area (Å²) in [5.74, 6) is 0.927. The molecule has 0 heterocycles. The van der Waals surface area contributed by atoms with Crippen LogP contribution in [-0.4, -0.2) is 18.3 Å². The van der Waals surface area contributed by atoms with Crippen molar-refractivity contribution in [2.24, 2.45) is 5.92 Å². The molecule has 2 aromatic carbocycles. The number of nitrogens with zero attached hydrogens (tertiary/aromatic N) is 1. The van der Waals surface area contributed by atoms with Crippen LogP contribution in [0.4, 0.5) is 0 Å². The molecule has 0 aromatic heterocycles. The van der Waals surface area contributed by atoms with E-state index in [1.807, 2.05) is 55.5 Å². The van der Waals surface area contributed by atoms with E-state index >= 15 is 0 Å². The average molecular weight is 267 g/mol. The van der Waals surface area contributed by atoms with E-state index in [2.05, 4.69) is 6.07 Å². The molecule has 0 aliphatic rings. The molecule has 3 nitrogen and oxygen atoms in total. The highest BCUT2D eigenvalue weighted by Gasteiger charge is 2.02. The molecule has 0 spiro atoms. The second-order valence-electron chi connectivity index (χ2n) is 4.81. The summed E-state index contributed by atoms with van der Waals surface area (Å²) in [5, 5.41) is 17.7. The summed E-state index contributed by atoms with van der Waals surface area (Å²) >= 11 is 0. The third-order valence-electron chi connectivity index (χ3n) is 3.05. The monoisotopic (exact) mass is 267 g/mol. The van der Waals surface area contributed by atoms with Gasteiger partial charge in [0.2, 0.25) is 0 Å². The summed E-state index contributed by atoms with van der Waals surface area (Å²) in [6, 6.07) is 17.4. The van der Waals surface area contributed by atoms with Gasteiger partial charge in [-0.1, -0.05) is 31.2 Å². The summed E-state index contributed by atoms with van der Waals surface area (Å²) < 4.78 is 5.58. The van der Waals surface area contributed by atoms with Crippen LogP contribution in [0.1, 0.15) is 12.5 Å². The SMILES string of the molecule is C[C@@H](CO)COc1ccc(-c2ccc(C#N)cc2)cc1. The van der Waals surface area contributed by atoms with Gasteiger partial charge in [0.05, 0.1) is 18.2 Å². The van der Waals surface area contributed by atoms with Gasteiger partial charge in [-0.05, 0) is 35.4 Å². The van der Waals surface area contributed by atoms with Gasteiger partial charge in [-0.3, -0.25) is 0 Å². The van der Waals surface area contributed by atoms with Crippen LogP contribution in [0.5, 0.6) is 5.75 Å². The Kier molecular flexibility index (Phi) is 4.75. The molecule has 3 heteroatoms. The Balaban J connectivity index is 2.05. The molecule has 0 fully saturated rings. The molecule has 0 unspecified atom stereocenters. The van der Waals surface area contributed by atoms with Crippen LogP contribution in [0.2, 0.25) is 0 Å². The largest absolute Gasteiger partial charge is 0.493 e. The van der Waals surface area contributed by atoms with Gasteiger partial charge in [-0.15, -0.1) is 0 Å². The second-order valence-corrected chi connectivity index (χ2v) is 4.81. The van der Waals surface area contributed by atoms with Gasteiger partial charge in [-0.2, -0.15) is 5.26 Å². The van der Waals surface area contributed by atoms with Crippen molar-refractivity contribution < 1.29 is 9.84 Å². The predicted octanol–water partition coefficient (Wildman–Crippen LogP) is 3.23. The zero-order valence-electron chi connectivity index (χ0n) is 11.4. The van der Waals surface area contributed by atoms with Gasteiger partial charge in [0.1, 0.15) is 5.75 Å². The lowest BCUT2D eigenvalue weighted by Gasteiger charge is -2.11. The van der Waals surface area contributed by atoms with Crippen molar-refractivity contribution in [3.8, 4) is 22.9 Å². The Morgan fingerprint density at radius 1 is 1.05 bits per heavy atom. The summed E-state index contributed by atoms with van der Waals surface area (Å²) in [7, 11) is 0. The molecule has 20 heavy (non-hydrogen) atoms. The van der Waals surface area contributed by atoms with Gasteiger partial charge < -0.3 is 9.84 Å². The topological polar surface area (TPSA) is 53.2 Å². The molecular formula is C17H17NO2. The first-order chi connectivity index (χ1) is 9.72. The van der Waals surface area contributed by atoms with E-state index in [1.165, 1.54) is 0 Å². The average Bonchev–Trinajstić information content (AvgIpc) is 2.53. The third kappa shape index (κ3) is 3.59. The minimum absolute atomic E-state index is 0.128. The number of nitriles is 1. The lowest BCUT2D eigenvalue weighted by Crippen LogP contribution is -2.11. The number of benzene rings is 2. The first kappa shape index (κ1) is 14.1. The van der Waals surface area contributed by atoms with Crippen LogP contribution < -0.4 is 4.74 Å². The fourth-order valence-corrected chi connectivity index (χ4v) is 1.77. The molecule has 0 radical (unpaired) electrons. The van der Waals surface area contributed by atoms with E-state index in [-0.39, 0.29) is 12.5 Å². The Labute approximate surface area is 119 Å². The van der Waals surface area contributed by atoms with Crippen molar-refractivity contribution in [1.82, 2.24) is 0 Å². The maximum Gasteiger partial charge on any atom is 0.119 e. The Morgan fingerprint density at radius 3 is 2.10 bits per heavy atom. The van der Waals surface area contributed by atoms with Gasteiger partial charge >= 0.3 is 0 Å². The zero-order chi connectivity index (χ0) is 14.4. The van der Waals surface area contributed by atoms with Gasteiger partial charge in [-0.25, -0.2) is 0 Å². The smallest absolute Gasteiger partial charge is 0.119 e. The first-order valence-electron chi connectivity index (χ1n) is 6.57. The van der Waals surface area contributed by atoms with Crippen molar-refractivity contribution in [1.29, 1.82) is 5.26 Å². The zero-order valence-corrected chi connectivity index (χ0v) is 11.4. The molecule has 2 rings (SSSR count). The molecule has 0 aliphatic carbocycles. The number of aliphatic hydroxyl groups is 1. The highest BCUT2D eigenvalue weighted by Crippen LogP contribution is 2.23. The summed E-state index contributed by atoms with van der Waals surface area (Å²) in [6.45, 7) is 2.57. The van der Waals surface area contributed by atoms with Gasteiger partial charge in [0.25, 0.3) is 0 Å². The molecule has 0 bridgehead atoms. The molecule has 2 aromatic rings. The minimum Gasteiger partial charge on any atom is -0.493 e. The molecule has 1 atom stereocenters. The van der Waals surface area contributed by atoms with Crippen molar-refractivity contribution in [3.05, 3.63) is 54.1 Å². The molecule has 102 valence electrons. The Bertz CT molecular complexity index is 582. The summed E-state index contributed by atoms with van der Waals surface area (Å²) in [4.78, 5) is 0. The summed E-state index contributed by atoms with van der Waals surface area (Å²) in [6.07, 6.45) is 0. The number of hydrogen-bond donors (Lipinski definition) is 1. The lowest BCUT2D eigenvalue weighted by atomic mass is 10.0. The van der Waals surface area contributed by atoms with E-state index in [4.69, 9.17) is 15.1 Å². The molecule has 1 N–H and O–H groups in total. The van der Waals surface area contributed by atoms with E-state index in [0.29, 0.717) is 12.2 Å². The van der Waals surface area contributed by atoms with Crippen molar-refractivity contribution in [3.63, 3.8) is 0 Å². The molecule has 0 amide bonds. The quantitative estimate of drug-likeness (QED) is 0.904. The molecule has 0 saturated carbocycles.